The zero-order chi connectivity index (χ0) is 13.2. The lowest BCUT2D eigenvalue weighted by atomic mass is 10.2. The Balaban J connectivity index is 0.000000184. The van der Waals surface area contributed by atoms with Gasteiger partial charge in [0.05, 0.1) is 6.33 Å². The Morgan fingerprint density at radius 3 is 2.50 bits per heavy atom. The second-order valence-electron chi connectivity index (χ2n) is 3.78. The maximum absolute atomic E-state index is 5.74. The number of rotatable bonds is 4. The average Bonchev–Trinajstić information content (AvgIpc) is 2.84. The van der Waals surface area contributed by atoms with Gasteiger partial charge >= 0.3 is 0 Å². The van der Waals surface area contributed by atoms with E-state index in [1.807, 2.05) is 24.3 Å². The first-order chi connectivity index (χ1) is 8.76. The predicted octanol–water partition coefficient (Wildman–Crippen LogP) is 1.75. The fraction of sp³-hybridized carbons (Fsp3) is 0.308. The maximum Gasteiger partial charge on any atom is 0.0921 e. The highest BCUT2D eigenvalue weighted by atomic mass is 35.5. The van der Waals surface area contributed by atoms with Crippen LogP contribution >= 0.6 is 11.6 Å². The number of hydrogen-bond acceptors (Lipinski definition) is 3. The van der Waals surface area contributed by atoms with E-state index in [-0.39, 0.29) is 0 Å². The minimum atomic E-state index is 0.681. The first-order valence-corrected chi connectivity index (χ1v) is 6.26. The SMILES string of the molecule is NCCc1cccc(Cl)c1.NCCc1cnc[nH]1. The van der Waals surface area contributed by atoms with Crippen molar-refractivity contribution < 1.29 is 0 Å². The van der Waals surface area contributed by atoms with Gasteiger partial charge in [-0.3, -0.25) is 0 Å². The van der Waals surface area contributed by atoms with Crippen molar-refractivity contribution in [1.29, 1.82) is 0 Å². The zero-order valence-electron chi connectivity index (χ0n) is 10.3. The van der Waals surface area contributed by atoms with Crippen LogP contribution in [0, 0.1) is 0 Å². The third-order valence-corrected chi connectivity index (χ3v) is 2.53. The largest absolute Gasteiger partial charge is 0.348 e. The summed E-state index contributed by atoms with van der Waals surface area (Å²) >= 11 is 5.74. The predicted molar refractivity (Wildman–Crippen MR) is 75.6 cm³/mol. The Labute approximate surface area is 112 Å². The quantitative estimate of drug-likeness (QED) is 0.789. The number of aromatic nitrogens is 2. The number of nitrogens with one attached hydrogen (secondary N) is 1. The molecular weight excluding hydrogens is 248 g/mol. The molecule has 0 unspecified atom stereocenters. The van der Waals surface area contributed by atoms with Gasteiger partial charge in [0.15, 0.2) is 0 Å². The van der Waals surface area contributed by atoms with Crippen LogP contribution in [0.4, 0.5) is 0 Å². The molecule has 0 radical (unpaired) electrons. The van der Waals surface area contributed by atoms with Crippen molar-refractivity contribution in [3.05, 3.63) is 53.1 Å². The Bertz CT molecular complexity index is 428. The molecule has 0 aliphatic heterocycles. The lowest BCUT2D eigenvalue weighted by Crippen LogP contribution is -2.02. The van der Waals surface area contributed by atoms with E-state index in [9.17, 15) is 0 Å². The van der Waals surface area contributed by atoms with Crippen molar-refractivity contribution in [2.24, 2.45) is 11.5 Å². The number of benzene rings is 1. The van der Waals surface area contributed by atoms with Gasteiger partial charge in [-0.25, -0.2) is 4.98 Å². The normalized spacial score (nSPS) is 9.72. The standard InChI is InChI=1S/C8H10ClN.C5H9N3/c9-8-3-1-2-7(6-8)4-5-10;6-2-1-5-3-7-4-8-5/h1-3,6H,4-5,10H2;3-4H,1-2,6H2,(H,7,8). The van der Waals surface area contributed by atoms with Crippen molar-refractivity contribution in [3.63, 3.8) is 0 Å². The van der Waals surface area contributed by atoms with Gasteiger partial charge < -0.3 is 16.5 Å². The topological polar surface area (TPSA) is 80.7 Å². The Morgan fingerprint density at radius 2 is 1.94 bits per heavy atom. The van der Waals surface area contributed by atoms with Crippen molar-refractivity contribution >= 4 is 11.6 Å². The fourth-order valence-electron chi connectivity index (χ4n) is 1.44. The highest BCUT2D eigenvalue weighted by Crippen LogP contribution is 2.10. The highest BCUT2D eigenvalue weighted by Gasteiger charge is 1.90. The summed E-state index contributed by atoms with van der Waals surface area (Å²) in [5.74, 6) is 0. The second-order valence-corrected chi connectivity index (χ2v) is 4.22. The van der Waals surface area contributed by atoms with Crippen LogP contribution in [-0.2, 0) is 12.8 Å². The minimum Gasteiger partial charge on any atom is -0.348 e. The molecule has 0 atom stereocenters. The molecule has 1 heterocycles. The third kappa shape index (κ3) is 5.82. The lowest BCUT2D eigenvalue weighted by Gasteiger charge is -1.96. The first kappa shape index (κ1) is 14.7. The number of nitrogens with zero attached hydrogens (tertiary/aromatic N) is 1. The van der Waals surface area contributed by atoms with E-state index < -0.39 is 0 Å². The maximum atomic E-state index is 5.74. The summed E-state index contributed by atoms with van der Waals surface area (Å²) in [5, 5.41) is 0.783. The van der Waals surface area contributed by atoms with Gasteiger partial charge in [0.2, 0.25) is 0 Å². The summed E-state index contributed by atoms with van der Waals surface area (Å²) in [6, 6.07) is 7.77. The van der Waals surface area contributed by atoms with Crippen molar-refractivity contribution in [2.45, 2.75) is 12.8 Å². The molecule has 2 rings (SSSR count). The monoisotopic (exact) mass is 266 g/mol. The van der Waals surface area contributed by atoms with Crippen LogP contribution in [-0.4, -0.2) is 23.1 Å². The van der Waals surface area contributed by atoms with Gasteiger partial charge in [0.25, 0.3) is 0 Å². The summed E-state index contributed by atoms with van der Waals surface area (Å²) in [5.41, 5.74) is 12.9. The van der Waals surface area contributed by atoms with E-state index in [0.29, 0.717) is 13.1 Å². The Hall–Kier alpha value is -1.36. The molecule has 4 nitrogen and oxygen atoms in total. The number of imidazole rings is 1. The number of aromatic amines is 1. The van der Waals surface area contributed by atoms with Crippen LogP contribution in [0.1, 0.15) is 11.3 Å². The molecule has 18 heavy (non-hydrogen) atoms. The smallest absolute Gasteiger partial charge is 0.0921 e. The molecular formula is C13H19ClN4. The molecule has 1 aromatic carbocycles. The number of hydrogen-bond donors (Lipinski definition) is 3. The molecule has 5 heteroatoms. The van der Waals surface area contributed by atoms with Gasteiger partial charge in [-0.15, -0.1) is 0 Å². The van der Waals surface area contributed by atoms with Gasteiger partial charge in [-0.05, 0) is 37.2 Å². The van der Waals surface area contributed by atoms with Crippen LogP contribution in [0.25, 0.3) is 0 Å². The van der Waals surface area contributed by atoms with Crippen LogP contribution in [0.3, 0.4) is 0 Å². The summed E-state index contributed by atoms with van der Waals surface area (Å²) in [4.78, 5) is 6.78. The highest BCUT2D eigenvalue weighted by molar-refractivity contribution is 6.30. The van der Waals surface area contributed by atoms with E-state index in [1.54, 1.807) is 12.5 Å². The Kier molecular flexibility index (Phi) is 7.10. The minimum absolute atomic E-state index is 0.681. The van der Waals surface area contributed by atoms with Gasteiger partial charge in [0, 0.05) is 23.3 Å². The summed E-state index contributed by atoms with van der Waals surface area (Å²) in [6.45, 7) is 1.36. The fourth-order valence-corrected chi connectivity index (χ4v) is 1.65. The van der Waals surface area contributed by atoms with E-state index in [2.05, 4.69) is 9.97 Å². The molecule has 5 N–H and O–H groups in total. The molecule has 2 aromatic rings. The molecule has 0 amide bonds. The van der Waals surface area contributed by atoms with Crippen molar-refractivity contribution in [3.8, 4) is 0 Å². The molecule has 0 saturated heterocycles. The van der Waals surface area contributed by atoms with E-state index >= 15 is 0 Å². The van der Waals surface area contributed by atoms with Crippen molar-refractivity contribution in [2.75, 3.05) is 13.1 Å². The molecule has 0 aliphatic carbocycles. The van der Waals surface area contributed by atoms with Gasteiger partial charge in [0.1, 0.15) is 0 Å². The second kappa shape index (κ2) is 8.69. The zero-order valence-corrected chi connectivity index (χ0v) is 11.0. The molecule has 0 saturated carbocycles. The van der Waals surface area contributed by atoms with E-state index in [1.165, 1.54) is 5.56 Å². The number of halogens is 1. The van der Waals surface area contributed by atoms with E-state index in [0.717, 1.165) is 23.6 Å². The molecule has 0 aliphatic rings. The lowest BCUT2D eigenvalue weighted by molar-refractivity contribution is 0.935. The molecule has 1 aromatic heterocycles. The molecule has 0 spiro atoms. The summed E-state index contributed by atoms with van der Waals surface area (Å²) in [6.07, 6.45) is 5.23. The number of nitrogens with two attached hydrogens (primary N) is 2. The van der Waals surface area contributed by atoms with E-state index in [4.69, 9.17) is 23.1 Å². The average molecular weight is 267 g/mol. The van der Waals surface area contributed by atoms with Gasteiger partial charge in [-0.1, -0.05) is 23.7 Å². The Morgan fingerprint density at radius 1 is 1.17 bits per heavy atom. The summed E-state index contributed by atoms with van der Waals surface area (Å²) < 4.78 is 0. The third-order valence-electron chi connectivity index (χ3n) is 2.29. The van der Waals surface area contributed by atoms with Gasteiger partial charge in [-0.2, -0.15) is 0 Å². The number of H-pyrrole nitrogens is 1. The van der Waals surface area contributed by atoms with Crippen LogP contribution < -0.4 is 11.5 Å². The first-order valence-electron chi connectivity index (χ1n) is 5.88. The van der Waals surface area contributed by atoms with Crippen LogP contribution in [0.5, 0.6) is 0 Å². The molecule has 0 bridgehead atoms. The van der Waals surface area contributed by atoms with Crippen molar-refractivity contribution in [1.82, 2.24) is 9.97 Å². The molecule has 0 fully saturated rings. The van der Waals surface area contributed by atoms with Crippen LogP contribution in [0.2, 0.25) is 5.02 Å². The summed E-state index contributed by atoms with van der Waals surface area (Å²) in [7, 11) is 0. The molecule has 98 valence electrons. The van der Waals surface area contributed by atoms with Crippen LogP contribution in [0.15, 0.2) is 36.8 Å².